The predicted octanol–water partition coefficient (Wildman–Crippen LogP) is 4.51. The maximum absolute atomic E-state index is 13.2. The standard InChI is InChI=1S/C28H31N3O5S/c1-6-35-21-11-9-8-10-19(21)23-20(14-29)27(31-26(33)24(23)28(34)36-7-2)37-15-22(32)30-25-17(4)12-16(3)13-18(25)5/h8-13,23-24H,6-7,15H2,1-5H3,(H,30,32)(H,31,33)/t23-,24+/m1/s1. The second-order valence-corrected chi connectivity index (χ2v) is 9.62. The molecule has 0 unspecified atom stereocenters. The number of rotatable bonds is 9. The minimum absolute atomic E-state index is 0.0442. The van der Waals surface area contributed by atoms with Crippen molar-refractivity contribution in [1.82, 2.24) is 5.32 Å². The number of nitrogens with zero attached hydrogens (tertiary/aromatic N) is 1. The van der Waals surface area contributed by atoms with Crippen molar-refractivity contribution in [3.63, 3.8) is 0 Å². The van der Waals surface area contributed by atoms with E-state index in [1.54, 1.807) is 31.2 Å². The average molecular weight is 522 g/mol. The lowest BCUT2D eigenvalue weighted by atomic mass is 9.78. The number of allylic oxidation sites excluding steroid dienone is 1. The van der Waals surface area contributed by atoms with E-state index >= 15 is 0 Å². The summed E-state index contributed by atoms with van der Waals surface area (Å²) in [5, 5.41) is 16.0. The van der Waals surface area contributed by atoms with E-state index in [1.807, 2.05) is 39.8 Å². The van der Waals surface area contributed by atoms with Crippen molar-refractivity contribution in [1.29, 1.82) is 5.26 Å². The van der Waals surface area contributed by atoms with Gasteiger partial charge in [0.2, 0.25) is 11.8 Å². The number of carbonyl (C=O) groups excluding carboxylic acids is 3. The quantitative estimate of drug-likeness (QED) is 0.368. The zero-order chi connectivity index (χ0) is 27.1. The van der Waals surface area contributed by atoms with Crippen LogP contribution in [-0.2, 0) is 19.1 Å². The molecule has 0 saturated carbocycles. The van der Waals surface area contributed by atoms with Crippen molar-refractivity contribution in [3.8, 4) is 11.8 Å². The number of amides is 2. The van der Waals surface area contributed by atoms with Crippen LogP contribution in [0, 0.1) is 38.0 Å². The van der Waals surface area contributed by atoms with Crippen LogP contribution in [0.2, 0.25) is 0 Å². The molecule has 1 heterocycles. The zero-order valence-corrected chi connectivity index (χ0v) is 22.5. The van der Waals surface area contributed by atoms with Gasteiger partial charge in [-0.25, -0.2) is 0 Å². The molecule has 9 heteroatoms. The van der Waals surface area contributed by atoms with Crippen molar-refractivity contribution < 1.29 is 23.9 Å². The van der Waals surface area contributed by atoms with Crippen LogP contribution < -0.4 is 15.4 Å². The van der Waals surface area contributed by atoms with Crippen molar-refractivity contribution in [2.75, 3.05) is 24.3 Å². The van der Waals surface area contributed by atoms with Gasteiger partial charge in [0.15, 0.2) is 0 Å². The van der Waals surface area contributed by atoms with E-state index < -0.39 is 23.7 Å². The number of ether oxygens (including phenoxy) is 2. The molecule has 0 saturated heterocycles. The lowest BCUT2D eigenvalue weighted by molar-refractivity contribution is -0.152. The molecule has 2 amide bonds. The Morgan fingerprint density at radius 3 is 2.41 bits per heavy atom. The summed E-state index contributed by atoms with van der Waals surface area (Å²) in [5.74, 6) is -3.37. The largest absolute Gasteiger partial charge is 0.494 e. The van der Waals surface area contributed by atoms with Gasteiger partial charge in [-0.2, -0.15) is 5.26 Å². The number of aryl methyl sites for hydroxylation is 3. The maximum Gasteiger partial charge on any atom is 0.319 e. The van der Waals surface area contributed by atoms with Gasteiger partial charge in [0, 0.05) is 17.2 Å². The van der Waals surface area contributed by atoms with Crippen LogP contribution in [0.15, 0.2) is 47.0 Å². The SMILES string of the molecule is CCOC(=O)[C@@H]1C(=O)NC(SCC(=O)Nc2c(C)cc(C)cc2C)=C(C#N)[C@H]1c1ccccc1OCC. The molecule has 2 aromatic carbocycles. The van der Waals surface area contributed by atoms with E-state index in [0.717, 1.165) is 34.1 Å². The summed E-state index contributed by atoms with van der Waals surface area (Å²) in [5.41, 5.74) is 4.44. The predicted molar refractivity (Wildman–Crippen MR) is 143 cm³/mol. The third-order valence-corrected chi connectivity index (χ3v) is 6.93. The molecule has 0 fully saturated rings. The second-order valence-electron chi connectivity index (χ2n) is 8.63. The highest BCUT2D eigenvalue weighted by Gasteiger charge is 2.45. The Kier molecular flexibility index (Phi) is 9.36. The fourth-order valence-electron chi connectivity index (χ4n) is 4.48. The molecule has 1 aliphatic rings. The molecule has 0 aromatic heterocycles. The Labute approximate surface area is 221 Å². The van der Waals surface area contributed by atoms with Crippen molar-refractivity contribution in [3.05, 3.63) is 69.3 Å². The minimum atomic E-state index is -1.27. The van der Waals surface area contributed by atoms with Gasteiger partial charge in [-0.05, 0) is 51.8 Å². The summed E-state index contributed by atoms with van der Waals surface area (Å²) < 4.78 is 10.9. The molecular formula is C28H31N3O5S. The third-order valence-electron chi connectivity index (χ3n) is 5.91. The third kappa shape index (κ3) is 6.33. The van der Waals surface area contributed by atoms with E-state index in [0.29, 0.717) is 17.9 Å². The number of anilines is 1. The Balaban J connectivity index is 1.96. The van der Waals surface area contributed by atoms with E-state index in [-0.39, 0.29) is 28.9 Å². The monoisotopic (exact) mass is 521 g/mol. The zero-order valence-electron chi connectivity index (χ0n) is 21.6. The lowest BCUT2D eigenvalue weighted by Crippen LogP contribution is -2.44. The fourth-order valence-corrected chi connectivity index (χ4v) is 5.32. The molecule has 2 atom stereocenters. The number of esters is 1. The van der Waals surface area contributed by atoms with Crippen LogP contribution in [0.1, 0.15) is 42.0 Å². The summed E-state index contributed by atoms with van der Waals surface area (Å²) in [6, 6.07) is 13.1. The van der Waals surface area contributed by atoms with Crippen LogP contribution in [0.4, 0.5) is 5.69 Å². The number of nitrogens with one attached hydrogen (secondary N) is 2. The van der Waals surface area contributed by atoms with Crippen LogP contribution in [0.3, 0.4) is 0 Å². The molecule has 2 aromatic rings. The first kappa shape index (κ1) is 27.8. The normalized spacial score (nSPS) is 17.0. The van der Waals surface area contributed by atoms with Gasteiger partial charge in [-0.3, -0.25) is 14.4 Å². The second kappa shape index (κ2) is 12.5. The number of hydrogen-bond donors (Lipinski definition) is 2. The van der Waals surface area contributed by atoms with E-state index in [2.05, 4.69) is 16.7 Å². The molecular weight excluding hydrogens is 490 g/mol. The van der Waals surface area contributed by atoms with Crippen molar-refractivity contribution in [2.45, 2.75) is 40.5 Å². The van der Waals surface area contributed by atoms with Gasteiger partial charge in [-0.15, -0.1) is 0 Å². The van der Waals surface area contributed by atoms with Gasteiger partial charge in [-0.1, -0.05) is 47.7 Å². The highest BCUT2D eigenvalue weighted by molar-refractivity contribution is 8.03. The van der Waals surface area contributed by atoms with Crippen LogP contribution in [-0.4, -0.2) is 36.8 Å². The molecule has 0 radical (unpaired) electrons. The molecule has 37 heavy (non-hydrogen) atoms. The summed E-state index contributed by atoms with van der Waals surface area (Å²) in [6.45, 7) is 9.78. The van der Waals surface area contributed by atoms with Gasteiger partial charge >= 0.3 is 5.97 Å². The molecule has 0 bridgehead atoms. The van der Waals surface area contributed by atoms with Crippen LogP contribution in [0.25, 0.3) is 0 Å². The number of thioether (sulfide) groups is 1. The number of para-hydroxylation sites is 1. The number of benzene rings is 2. The molecule has 2 N–H and O–H groups in total. The lowest BCUT2D eigenvalue weighted by Gasteiger charge is -2.32. The minimum Gasteiger partial charge on any atom is -0.494 e. The topological polar surface area (TPSA) is 118 Å². The summed E-state index contributed by atoms with van der Waals surface area (Å²) in [6.07, 6.45) is 0. The molecule has 8 nitrogen and oxygen atoms in total. The summed E-state index contributed by atoms with van der Waals surface area (Å²) in [7, 11) is 0. The number of hydrogen-bond acceptors (Lipinski definition) is 7. The smallest absolute Gasteiger partial charge is 0.319 e. The summed E-state index contributed by atoms with van der Waals surface area (Å²) >= 11 is 1.04. The Hall–Kier alpha value is -3.77. The molecule has 1 aliphatic heterocycles. The van der Waals surface area contributed by atoms with E-state index in [9.17, 15) is 19.6 Å². The average Bonchev–Trinajstić information content (AvgIpc) is 2.85. The van der Waals surface area contributed by atoms with Crippen molar-refractivity contribution in [2.24, 2.45) is 5.92 Å². The molecule has 3 rings (SSSR count). The van der Waals surface area contributed by atoms with E-state index in [1.165, 1.54) is 0 Å². The Bertz CT molecular complexity index is 1260. The van der Waals surface area contributed by atoms with Crippen LogP contribution in [0.5, 0.6) is 5.75 Å². The van der Waals surface area contributed by atoms with Gasteiger partial charge < -0.3 is 20.1 Å². The van der Waals surface area contributed by atoms with Crippen molar-refractivity contribution >= 4 is 35.2 Å². The first-order chi connectivity index (χ1) is 17.7. The first-order valence-corrected chi connectivity index (χ1v) is 13.0. The summed E-state index contributed by atoms with van der Waals surface area (Å²) in [4.78, 5) is 38.9. The van der Waals surface area contributed by atoms with Gasteiger partial charge in [0.1, 0.15) is 11.7 Å². The molecule has 194 valence electrons. The molecule has 0 aliphatic carbocycles. The fraction of sp³-hybridized carbons (Fsp3) is 0.357. The molecule has 0 spiro atoms. The highest BCUT2D eigenvalue weighted by atomic mass is 32.2. The van der Waals surface area contributed by atoms with Gasteiger partial charge in [0.25, 0.3) is 0 Å². The maximum atomic E-state index is 13.2. The first-order valence-electron chi connectivity index (χ1n) is 12.1. The van der Waals surface area contributed by atoms with Crippen LogP contribution >= 0.6 is 11.8 Å². The number of nitriles is 1. The highest BCUT2D eigenvalue weighted by Crippen LogP contribution is 2.43. The van der Waals surface area contributed by atoms with E-state index in [4.69, 9.17) is 9.47 Å². The Morgan fingerprint density at radius 1 is 1.11 bits per heavy atom. The number of carbonyl (C=O) groups is 3. The van der Waals surface area contributed by atoms with Gasteiger partial charge in [0.05, 0.1) is 35.6 Å². The Morgan fingerprint density at radius 2 is 1.78 bits per heavy atom.